The zero-order chi connectivity index (χ0) is 18.4. The Kier molecular flexibility index (Phi) is 12.9. The second-order valence-corrected chi connectivity index (χ2v) is 6.95. The van der Waals surface area contributed by atoms with Gasteiger partial charge in [0.25, 0.3) is 0 Å². The Morgan fingerprint density at radius 3 is 1.83 bits per heavy atom. The highest BCUT2D eigenvalue weighted by atomic mass is 79.9. The molecule has 3 aromatic rings. The van der Waals surface area contributed by atoms with Crippen molar-refractivity contribution in [2.75, 3.05) is 27.2 Å². The van der Waals surface area contributed by atoms with Crippen LogP contribution in [0.4, 0.5) is 0 Å². The monoisotopic (exact) mass is 523 g/mol. The van der Waals surface area contributed by atoms with Crippen LogP contribution >= 0.6 is 34.0 Å². The lowest BCUT2D eigenvalue weighted by Gasteiger charge is -2.11. The molecule has 0 aliphatic rings. The average Bonchev–Trinajstić information content (AvgIpc) is 2.66. The van der Waals surface area contributed by atoms with Crippen LogP contribution < -0.4 is 5.32 Å². The lowest BCUT2D eigenvalue weighted by molar-refractivity contribution is 0.400. The van der Waals surface area contributed by atoms with E-state index < -0.39 is 0 Å². The first-order valence-corrected chi connectivity index (χ1v) is 9.11. The first kappa shape index (κ1) is 27.4. The minimum absolute atomic E-state index is 0. The fourth-order valence-electron chi connectivity index (χ4n) is 2.81. The van der Waals surface area contributed by atoms with E-state index in [1.807, 2.05) is 0 Å². The van der Waals surface area contributed by atoms with E-state index in [2.05, 4.69) is 98.0 Å². The summed E-state index contributed by atoms with van der Waals surface area (Å²) in [4.78, 5) is 7.03. The van der Waals surface area contributed by atoms with E-state index in [-0.39, 0.29) is 39.4 Å². The second kappa shape index (κ2) is 13.6. The molecule has 3 rings (SSSR count). The Hall–Kier alpha value is -1.57. The number of nitrogens with zero attached hydrogens (tertiary/aromatic N) is 2. The third-order valence-corrected chi connectivity index (χ3v) is 4.41. The van der Waals surface area contributed by atoms with Crippen molar-refractivity contribution in [1.82, 2.24) is 15.2 Å². The fraction of sp³-hybridized carbons (Fsp3) is 0.261. The molecule has 0 fully saturated rings. The summed E-state index contributed by atoms with van der Waals surface area (Å²) in [5.41, 5.74) is 6.88. The summed E-state index contributed by atoms with van der Waals surface area (Å²) in [5.74, 6) is 0. The van der Waals surface area contributed by atoms with E-state index in [0.717, 1.165) is 42.1 Å². The number of hydrogen-bond donors (Lipinski definition) is 1. The molecule has 2 aromatic carbocycles. The predicted octanol–water partition coefficient (Wildman–Crippen LogP) is 4.71. The van der Waals surface area contributed by atoms with Crippen molar-refractivity contribution in [2.24, 2.45) is 0 Å². The molecule has 6 heteroatoms. The number of pyridine rings is 1. The molecule has 0 aliphatic carbocycles. The molecular formula is C23H31Br2N3O. The largest absolute Gasteiger partial charge is 0.412 e. The number of halogens is 2. The van der Waals surface area contributed by atoms with Gasteiger partial charge in [-0.15, -0.1) is 34.0 Å². The number of rotatable bonds is 7. The molecule has 0 aliphatic heterocycles. The SMILES string of the molecule is Br.Br.Cc1ccc(-c2cccc(-c3ccc(CNCCN(C)C)cc3)n2)cc1.O. The van der Waals surface area contributed by atoms with Gasteiger partial charge in [-0.25, -0.2) is 4.98 Å². The Labute approximate surface area is 195 Å². The Bertz CT molecular complexity index is 838. The van der Waals surface area contributed by atoms with E-state index in [1.54, 1.807) is 0 Å². The number of aryl methyl sites for hydroxylation is 1. The standard InChI is InChI=1S/C23H27N3.2BrH.H2O/c1-18-7-11-20(12-8-18)22-5-4-6-23(25-22)21-13-9-19(10-14-21)17-24-15-16-26(2)3;;;/h4-14,24H,15-17H2,1-3H3;2*1H;1H2. The van der Waals surface area contributed by atoms with Crippen LogP contribution in [0.25, 0.3) is 22.5 Å². The van der Waals surface area contributed by atoms with E-state index >= 15 is 0 Å². The van der Waals surface area contributed by atoms with Crippen molar-refractivity contribution < 1.29 is 5.48 Å². The van der Waals surface area contributed by atoms with E-state index in [0.29, 0.717) is 0 Å². The summed E-state index contributed by atoms with van der Waals surface area (Å²) in [6.07, 6.45) is 0. The molecule has 4 nitrogen and oxygen atoms in total. The molecule has 3 N–H and O–H groups in total. The normalized spacial score (nSPS) is 9.93. The second-order valence-electron chi connectivity index (χ2n) is 6.95. The van der Waals surface area contributed by atoms with E-state index in [4.69, 9.17) is 4.98 Å². The molecule has 0 spiro atoms. The lowest BCUT2D eigenvalue weighted by Crippen LogP contribution is -2.26. The van der Waals surface area contributed by atoms with E-state index in [1.165, 1.54) is 11.1 Å². The molecule has 0 amide bonds. The lowest BCUT2D eigenvalue weighted by atomic mass is 10.1. The van der Waals surface area contributed by atoms with Crippen LogP contribution in [0.1, 0.15) is 11.1 Å². The van der Waals surface area contributed by atoms with Gasteiger partial charge in [0.2, 0.25) is 0 Å². The van der Waals surface area contributed by atoms with E-state index in [9.17, 15) is 0 Å². The molecule has 0 atom stereocenters. The first-order chi connectivity index (χ1) is 12.6. The summed E-state index contributed by atoms with van der Waals surface area (Å²) >= 11 is 0. The zero-order valence-electron chi connectivity index (χ0n) is 17.2. The summed E-state index contributed by atoms with van der Waals surface area (Å²) < 4.78 is 0. The smallest absolute Gasteiger partial charge is 0.0709 e. The molecule has 1 heterocycles. The quantitative estimate of drug-likeness (QED) is 0.455. The number of aromatic nitrogens is 1. The van der Waals surface area contributed by atoms with Crippen LogP contribution in [0.15, 0.2) is 66.7 Å². The van der Waals surface area contributed by atoms with Crippen LogP contribution in [0, 0.1) is 6.92 Å². The van der Waals surface area contributed by atoms with Gasteiger partial charge in [0, 0.05) is 30.8 Å². The minimum atomic E-state index is 0. The molecule has 0 saturated heterocycles. The maximum atomic E-state index is 4.85. The van der Waals surface area contributed by atoms with Crippen molar-refractivity contribution in [3.05, 3.63) is 77.9 Å². The van der Waals surface area contributed by atoms with Crippen LogP contribution in [-0.2, 0) is 6.54 Å². The van der Waals surface area contributed by atoms with Gasteiger partial charge in [-0.3, -0.25) is 0 Å². The van der Waals surface area contributed by atoms with Crippen molar-refractivity contribution in [2.45, 2.75) is 13.5 Å². The Morgan fingerprint density at radius 1 is 0.793 bits per heavy atom. The number of nitrogens with one attached hydrogen (secondary N) is 1. The van der Waals surface area contributed by atoms with Gasteiger partial charge in [0.05, 0.1) is 11.4 Å². The topological polar surface area (TPSA) is 59.7 Å². The number of likely N-dealkylation sites (N-methyl/N-ethyl adjacent to an activating group) is 1. The third kappa shape index (κ3) is 8.36. The molecule has 0 unspecified atom stereocenters. The maximum absolute atomic E-state index is 4.85. The van der Waals surface area contributed by atoms with Crippen LogP contribution in [-0.4, -0.2) is 42.5 Å². The van der Waals surface area contributed by atoms with Crippen LogP contribution in [0.2, 0.25) is 0 Å². The molecular weight excluding hydrogens is 494 g/mol. The molecule has 0 saturated carbocycles. The molecule has 1 aromatic heterocycles. The summed E-state index contributed by atoms with van der Waals surface area (Å²) in [6.45, 7) is 5.04. The predicted molar refractivity (Wildman–Crippen MR) is 134 cm³/mol. The van der Waals surface area contributed by atoms with Gasteiger partial charge < -0.3 is 15.7 Å². The third-order valence-electron chi connectivity index (χ3n) is 4.41. The molecule has 0 radical (unpaired) electrons. The van der Waals surface area contributed by atoms with Crippen molar-refractivity contribution in [3.63, 3.8) is 0 Å². The van der Waals surface area contributed by atoms with Crippen LogP contribution in [0.5, 0.6) is 0 Å². The molecule has 0 bridgehead atoms. The summed E-state index contributed by atoms with van der Waals surface area (Å²) in [6, 6.07) is 23.4. The van der Waals surface area contributed by atoms with Crippen LogP contribution in [0.3, 0.4) is 0 Å². The molecule has 158 valence electrons. The highest BCUT2D eigenvalue weighted by molar-refractivity contribution is 8.93. The van der Waals surface area contributed by atoms with Gasteiger partial charge in [0.1, 0.15) is 0 Å². The van der Waals surface area contributed by atoms with Gasteiger partial charge in [-0.05, 0) is 38.7 Å². The van der Waals surface area contributed by atoms with Crippen molar-refractivity contribution >= 4 is 34.0 Å². The summed E-state index contributed by atoms with van der Waals surface area (Å²) in [5, 5.41) is 3.47. The minimum Gasteiger partial charge on any atom is -0.412 e. The average molecular weight is 525 g/mol. The van der Waals surface area contributed by atoms with Crippen molar-refractivity contribution in [1.29, 1.82) is 0 Å². The maximum Gasteiger partial charge on any atom is 0.0709 e. The highest BCUT2D eigenvalue weighted by Crippen LogP contribution is 2.23. The highest BCUT2D eigenvalue weighted by Gasteiger charge is 2.04. The number of benzene rings is 2. The van der Waals surface area contributed by atoms with Gasteiger partial charge in [-0.1, -0.05) is 60.2 Å². The zero-order valence-corrected chi connectivity index (χ0v) is 20.6. The first-order valence-electron chi connectivity index (χ1n) is 9.11. The Morgan fingerprint density at radius 2 is 1.31 bits per heavy atom. The Balaban J connectivity index is 0.00000261. The fourth-order valence-corrected chi connectivity index (χ4v) is 2.81. The van der Waals surface area contributed by atoms with Gasteiger partial charge in [0.15, 0.2) is 0 Å². The van der Waals surface area contributed by atoms with Gasteiger partial charge >= 0.3 is 0 Å². The molecule has 29 heavy (non-hydrogen) atoms. The number of hydrogen-bond acceptors (Lipinski definition) is 3. The van der Waals surface area contributed by atoms with Crippen molar-refractivity contribution in [3.8, 4) is 22.5 Å². The van der Waals surface area contributed by atoms with Gasteiger partial charge in [-0.2, -0.15) is 0 Å². The summed E-state index contributed by atoms with van der Waals surface area (Å²) in [7, 11) is 4.18.